The van der Waals surface area contributed by atoms with Crippen LogP contribution in [0.3, 0.4) is 0 Å². The van der Waals surface area contributed by atoms with Crippen LogP contribution in [0.25, 0.3) is 0 Å². The highest BCUT2D eigenvalue weighted by molar-refractivity contribution is 6.90. The zero-order valence-electron chi connectivity index (χ0n) is 16.5. The van der Waals surface area contributed by atoms with Gasteiger partial charge < -0.3 is 4.74 Å². The van der Waals surface area contributed by atoms with Crippen molar-refractivity contribution in [1.82, 2.24) is 4.98 Å². The lowest BCUT2D eigenvalue weighted by Gasteiger charge is -2.38. The standard InChI is InChI=1S/C22H28FNOSi/c1-16(2)26(17(3)4,18(5)6)15-13-19-20(23)10-9-11-21(19)25-22-12-7-8-14-24-22/h7-12,14,16-18H,1-6H3. The van der Waals surface area contributed by atoms with E-state index in [0.29, 0.717) is 33.8 Å². The van der Waals surface area contributed by atoms with E-state index >= 15 is 0 Å². The van der Waals surface area contributed by atoms with Crippen LogP contribution in [0.2, 0.25) is 16.6 Å². The molecule has 0 aliphatic carbocycles. The predicted octanol–water partition coefficient (Wildman–Crippen LogP) is 6.58. The number of pyridine rings is 1. The molecule has 0 atom stereocenters. The average Bonchev–Trinajstić information content (AvgIpc) is 2.57. The second kappa shape index (κ2) is 8.51. The van der Waals surface area contributed by atoms with Gasteiger partial charge in [-0.3, -0.25) is 0 Å². The number of halogens is 1. The third-order valence-corrected chi connectivity index (χ3v) is 11.4. The Morgan fingerprint density at radius 1 is 0.923 bits per heavy atom. The molecule has 0 saturated heterocycles. The first-order valence-corrected chi connectivity index (χ1v) is 11.4. The van der Waals surface area contributed by atoms with Gasteiger partial charge in [0.1, 0.15) is 25.2 Å². The zero-order chi connectivity index (χ0) is 19.3. The van der Waals surface area contributed by atoms with E-state index in [-0.39, 0.29) is 5.82 Å². The Kier molecular flexibility index (Phi) is 6.61. The van der Waals surface area contributed by atoms with E-state index in [1.54, 1.807) is 24.4 Å². The van der Waals surface area contributed by atoms with Gasteiger partial charge in [0.2, 0.25) is 5.88 Å². The average molecular weight is 370 g/mol. The zero-order valence-corrected chi connectivity index (χ0v) is 17.5. The van der Waals surface area contributed by atoms with Crippen LogP contribution in [0.4, 0.5) is 4.39 Å². The molecule has 2 aromatic rings. The largest absolute Gasteiger partial charge is 0.438 e. The van der Waals surface area contributed by atoms with E-state index in [4.69, 9.17) is 4.74 Å². The maximum absolute atomic E-state index is 14.5. The molecule has 1 aromatic heterocycles. The number of benzene rings is 1. The Bertz CT molecular complexity index is 769. The number of aromatic nitrogens is 1. The van der Waals surface area contributed by atoms with Gasteiger partial charge in [0, 0.05) is 12.3 Å². The number of hydrogen-bond acceptors (Lipinski definition) is 2. The number of rotatable bonds is 5. The molecule has 1 heterocycles. The van der Waals surface area contributed by atoms with Crippen molar-refractivity contribution in [3.63, 3.8) is 0 Å². The molecule has 0 unspecified atom stereocenters. The highest BCUT2D eigenvalue weighted by Gasteiger charge is 2.41. The number of nitrogens with zero attached hydrogens (tertiary/aromatic N) is 1. The van der Waals surface area contributed by atoms with Crippen LogP contribution >= 0.6 is 0 Å². The SMILES string of the molecule is CC(C)[Si](C#Cc1c(F)cccc1Oc1ccccn1)(C(C)C)C(C)C. The summed E-state index contributed by atoms with van der Waals surface area (Å²) in [4.78, 5) is 4.15. The Labute approximate surface area is 157 Å². The second-order valence-corrected chi connectivity index (χ2v) is 13.1. The quantitative estimate of drug-likeness (QED) is 0.438. The minimum absolute atomic E-state index is 0.317. The van der Waals surface area contributed by atoms with Gasteiger partial charge in [-0.1, -0.05) is 59.6 Å². The first-order valence-electron chi connectivity index (χ1n) is 9.19. The third kappa shape index (κ3) is 4.16. The van der Waals surface area contributed by atoms with E-state index in [1.165, 1.54) is 6.07 Å². The van der Waals surface area contributed by atoms with Crippen molar-refractivity contribution in [3.8, 4) is 23.1 Å². The van der Waals surface area contributed by atoms with E-state index in [9.17, 15) is 4.39 Å². The minimum atomic E-state index is -1.95. The summed E-state index contributed by atoms with van der Waals surface area (Å²) in [7, 11) is -1.95. The van der Waals surface area contributed by atoms with E-state index in [0.717, 1.165) is 0 Å². The molecule has 0 bridgehead atoms. The molecule has 26 heavy (non-hydrogen) atoms. The third-order valence-electron chi connectivity index (χ3n) is 5.10. The van der Waals surface area contributed by atoms with Crippen molar-refractivity contribution >= 4 is 8.07 Å². The lowest BCUT2D eigenvalue weighted by atomic mass is 10.2. The molecule has 0 saturated carbocycles. The molecule has 138 valence electrons. The van der Waals surface area contributed by atoms with Crippen molar-refractivity contribution in [2.24, 2.45) is 0 Å². The molecular formula is C22H28FNOSi. The first kappa shape index (κ1) is 20.2. The summed E-state index contributed by atoms with van der Waals surface area (Å²) >= 11 is 0. The van der Waals surface area contributed by atoms with Crippen LogP contribution in [0.5, 0.6) is 11.6 Å². The monoisotopic (exact) mass is 369 g/mol. The van der Waals surface area contributed by atoms with E-state index in [1.807, 2.05) is 12.1 Å². The number of ether oxygens (including phenoxy) is 1. The molecule has 0 aliphatic rings. The molecule has 1 aromatic carbocycles. The first-order chi connectivity index (χ1) is 12.3. The van der Waals surface area contributed by atoms with Crippen molar-refractivity contribution in [3.05, 3.63) is 54.0 Å². The molecule has 0 spiro atoms. The summed E-state index contributed by atoms with van der Waals surface area (Å²) in [6, 6.07) is 10.2. The fraction of sp³-hybridized carbons (Fsp3) is 0.409. The van der Waals surface area contributed by atoms with Crippen molar-refractivity contribution in [2.75, 3.05) is 0 Å². The normalized spacial score (nSPS) is 11.6. The summed E-state index contributed by atoms with van der Waals surface area (Å²) in [5.41, 5.74) is 5.34. The van der Waals surface area contributed by atoms with E-state index in [2.05, 4.69) is 58.0 Å². The van der Waals surface area contributed by atoms with E-state index < -0.39 is 8.07 Å². The highest BCUT2D eigenvalue weighted by atomic mass is 28.3. The minimum Gasteiger partial charge on any atom is -0.438 e. The smallest absolute Gasteiger partial charge is 0.219 e. The van der Waals surface area contributed by atoms with Gasteiger partial charge in [0.05, 0.1) is 0 Å². The molecule has 0 fully saturated rings. The van der Waals surface area contributed by atoms with Crippen molar-refractivity contribution < 1.29 is 9.13 Å². The Morgan fingerprint density at radius 3 is 2.12 bits per heavy atom. The second-order valence-electron chi connectivity index (χ2n) is 7.53. The lowest BCUT2D eigenvalue weighted by molar-refractivity contribution is 0.456. The van der Waals surface area contributed by atoms with Crippen LogP contribution < -0.4 is 4.74 Å². The molecular weight excluding hydrogens is 341 g/mol. The fourth-order valence-electron chi connectivity index (χ4n) is 3.83. The van der Waals surface area contributed by atoms with Gasteiger partial charge in [0.15, 0.2) is 0 Å². The van der Waals surface area contributed by atoms with Gasteiger partial charge >= 0.3 is 0 Å². The van der Waals surface area contributed by atoms with Crippen LogP contribution in [-0.4, -0.2) is 13.1 Å². The lowest BCUT2D eigenvalue weighted by Crippen LogP contribution is -2.43. The molecule has 0 amide bonds. The maximum atomic E-state index is 14.5. The Hall–Kier alpha value is -2.12. The van der Waals surface area contributed by atoms with Crippen molar-refractivity contribution in [1.29, 1.82) is 0 Å². The van der Waals surface area contributed by atoms with Gasteiger partial charge in [-0.15, -0.1) is 5.54 Å². The molecule has 0 radical (unpaired) electrons. The van der Waals surface area contributed by atoms with Gasteiger partial charge in [-0.05, 0) is 34.8 Å². The highest BCUT2D eigenvalue weighted by Crippen LogP contribution is 2.41. The topological polar surface area (TPSA) is 22.1 Å². The summed E-state index contributed by atoms with van der Waals surface area (Å²) in [6.07, 6.45) is 1.65. The van der Waals surface area contributed by atoms with Crippen LogP contribution in [0.15, 0.2) is 42.6 Å². The molecule has 0 aliphatic heterocycles. The van der Waals surface area contributed by atoms with Gasteiger partial charge in [0.25, 0.3) is 0 Å². The molecule has 2 nitrogen and oxygen atoms in total. The summed E-state index contributed by atoms with van der Waals surface area (Å²) in [6.45, 7) is 13.5. The Morgan fingerprint density at radius 2 is 1.58 bits per heavy atom. The maximum Gasteiger partial charge on any atom is 0.219 e. The van der Waals surface area contributed by atoms with Crippen molar-refractivity contribution in [2.45, 2.75) is 58.2 Å². The molecule has 2 rings (SSSR count). The molecule has 4 heteroatoms. The molecule has 0 N–H and O–H groups in total. The van der Waals surface area contributed by atoms with Crippen LogP contribution in [-0.2, 0) is 0 Å². The fourth-order valence-corrected chi connectivity index (χ4v) is 9.04. The summed E-state index contributed by atoms with van der Waals surface area (Å²) in [5.74, 6) is 3.66. The summed E-state index contributed by atoms with van der Waals surface area (Å²) in [5, 5.41) is 0. The summed E-state index contributed by atoms with van der Waals surface area (Å²) < 4.78 is 20.3. The number of hydrogen-bond donors (Lipinski definition) is 0. The van der Waals surface area contributed by atoms with Gasteiger partial charge in [-0.2, -0.15) is 0 Å². The van der Waals surface area contributed by atoms with Gasteiger partial charge in [-0.25, -0.2) is 9.37 Å². The Balaban J connectivity index is 2.51. The van der Waals surface area contributed by atoms with Crippen LogP contribution in [0, 0.1) is 17.3 Å². The predicted molar refractivity (Wildman–Crippen MR) is 109 cm³/mol. The van der Waals surface area contributed by atoms with Crippen LogP contribution in [0.1, 0.15) is 47.1 Å².